The lowest BCUT2D eigenvalue weighted by atomic mass is 10.1. The highest BCUT2D eigenvalue weighted by atomic mass is 35.5. The first-order valence-electron chi connectivity index (χ1n) is 3.79. The van der Waals surface area contributed by atoms with Gasteiger partial charge in [-0.3, -0.25) is 0 Å². The zero-order valence-electron chi connectivity index (χ0n) is 6.34. The minimum atomic E-state index is 0. The van der Waals surface area contributed by atoms with E-state index in [9.17, 15) is 0 Å². The maximum absolute atomic E-state index is 3.41. The summed E-state index contributed by atoms with van der Waals surface area (Å²) in [6.07, 6.45) is 1.41. The molecule has 0 amide bonds. The Kier molecular flexibility index (Phi) is 2.55. The van der Waals surface area contributed by atoms with Gasteiger partial charge in [0.25, 0.3) is 0 Å². The number of likely N-dealkylation sites (N-methyl/N-ethyl adjacent to an activating group) is 1. The molecule has 2 saturated heterocycles. The van der Waals surface area contributed by atoms with Gasteiger partial charge >= 0.3 is 0 Å². The predicted octanol–water partition coefficient (Wildman–Crippen LogP) is 0.332. The summed E-state index contributed by atoms with van der Waals surface area (Å²) in [5.41, 5.74) is 0. The number of hydrogen-bond donors (Lipinski definition) is 1. The monoisotopic (exact) mass is 162 g/mol. The number of nitrogens with one attached hydrogen (secondary N) is 1. The van der Waals surface area contributed by atoms with Gasteiger partial charge in [-0.2, -0.15) is 0 Å². The molecule has 0 aromatic rings. The largest absolute Gasteiger partial charge is 0.315 e. The normalized spacial score (nSPS) is 39.3. The molecule has 0 aromatic heterocycles. The van der Waals surface area contributed by atoms with E-state index in [2.05, 4.69) is 17.3 Å². The van der Waals surface area contributed by atoms with Gasteiger partial charge in [-0.05, 0) is 32.5 Å². The highest BCUT2D eigenvalue weighted by Gasteiger charge is 2.34. The average Bonchev–Trinajstić information content (AvgIpc) is 2.35. The summed E-state index contributed by atoms with van der Waals surface area (Å²) in [4.78, 5) is 2.48. The number of likely N-dealkylation sites (tertiary alicyclic amines) is 1. The smallest absolute Gasteiger partial charge is 0.0258 e. The van der Waals surface area contributed by atoms with Crippen LogP contribution in [0.25, 0.3) is 0 Å². The molecule has 2 aliphatic rings. The zero-order valence-corrected chi connectivity index (χ0v) is 7.16. The quantitative estimate of drug-likeness (QED) is 0.553. The molecule has 2 aliphatic heterocycles. The van der Waals surface area contributed by atoms with E-state index < -0.39 is 0 Å². The Hall–Kier alpha value is 0.210. The summed E-state index contributed by atoms with van der Waals surface area (Å²) in [6.45, 7) is 3.80. The molecule has 0 bridgehead atoms. The van der Waals surface area contributed by atoms with Gasteiger partial charge in [-0.1, -0.05) is 0 Å². The number of rotatable bonds is 0. The molecule has 60 valence electrons. The highest BCUT2D eigenvalue weighted by Crippen LogP contribution is 2.24. The molecule has 2 rings (SSSR count). The maximum Gasteiger partial charge on any atom is 0.0258 e. The molecule has 2 fully saturated rings. The van der Waals surface area contributed by atoms with E-state index in [4.69, 9.17) is 0 Å². The molecule has 0 aromatic carbocycles. The van der Waals surface area contributed by atoms with Crippen LogP contribution in [0.1, 0.15) is 6.42 Å². The van der Waals surface area contributed by atoms with Crippen LogP contribution < -0.4 is 5.32 Å². The lowest BCUT2D eigenvalue weighted by Gasteiger charge is -2.16. The lowest BCUT2D eigenvalue weighted by molar-refractivity contribution is 0.308. The number of nitrogens with zero attached hydrogens (tertiary/aromatic N) is 1. The van der Waals surface area contributed by atoms with Gasteiger partial charge in [0.1, 0.15) is 0 Å². The predicted molar refractivity (Wildman–Crippen MR) is 44.6 cm³/mol. The minimum absolute atomic E-state index is 0. The van der Waals surface area contributed by atoms with Crippen LogP contribution in [0.4, 0.5) is 0 Å². The second-order valence-corrected chi connectivity index (χ2v) is 3.25. The third-order valence-corrected chi connectivity index (χ3v) is 2.72. The Bertz CT molecular complexity index is 118. The van der Waals surface area contributed by atoms with Crippen LogP contribution in [-0.4, -0.2) is 37.6 Å². The van der Waals surface area contributed by atoms with Crippen molar-refractivity contribution >= 4 is 12.4 Å². The Balaban J connectivity index is 0.000000500. The number of fused-ring (bicyclic) bond motifs is 1. The Morgan fingerprint density at radius 3 is 2.90 bits per heavy atom. The number of halogens is 1. The molecular weight excluding hydrogens is 148 g/mol. The van der Waals surface area contributed by atoms with Crippen molar-refractivity contribution in [1.82, 2.24) is 10.2 Å². The minimum Gasteiger partial charge on any atom is -0.315 e. The van der Waals surface area contributed by atoms with E-state index in [1.165, 1.54) is 26.1 Å². The van der Waals surface area contributed by atoms with Crippen molar-refractivity contribution in [3.63, 3.8) is 0 Å². The maximum atomic E-state index is 3.41. The van der Waals surface area contributed by atoms with Gasteiger partial charge < -0.3 is 10.2 Å². The summed E-state index contributed by atoms with van der Waals surface area (Å²) in [6, 6.07) is 0.866. The SMILES string of the molecule is CN1CCC2CNCC21.Cl. The van der Waals surface area contributed by atoms with Crippen molar-refractivity contribution in [3.05, 3.63) is 0 Å². The highest BCUT2D eigenvalue weighted by molar-refractivity contribution is 5.85. The molecule has 1 N–H and O–H groups in total. The third-order valence-electron chi connectivity index (χ3n) is 2.72. The van der Waals surface area contributed by atoms with Crippen LogP contribution in [0.15, 0.2) is 0 Å². The van der Waals surface area contributed by atoms with Gasteiger partial charge in [0.05, 0.1) is 0 Å². The summed E-state index contributed by atoms with van der Waals surface area (Å²) in [7, 11) is 2.23. The van der Waals surface area contributed by atoms with Crippen LogP contribution in [0.5, 0.6) is 0 Å². The molecule has 3 heteroatoms. The molecule has 2 heterocycles. The van der Waals surface area contributed by atoms with Gasteiger partial charge in [-0.15, -0.1) is 12.4 Å². The van der Waals surface area contributed by atoms with Crippen LogP contribution in [0, 0.1) is 5.92 Å². The van der Waals surface area contributed by atoms with Crippen molar-refractivity contribution in [1.29, 1.82) is 0 Å². The zero-order chi connectivity index (χ0) is 6.27. The van der Waals surface area contributed by atoms with E-state index in [1.54, 1.807) is 0 Å². The van der Waals surface area contributed by atoms with Gasteiger partial charge in [0, 0.05) is 12.6 Å². The van der Waals surface area contributed by atoms with Crippen LogP contribution in [0.3, 0.4) is 0 Å². The van der Waals surface area contributed by atoms with E-state index in [0.717, 1.165) is 12.0 Å². The fraction of sp³-hybridized carbons (Fsp3) is 1.00. The van der Waals surface area contributed by atoms with Crippen LogP contribution in [-0.2, 0) is 0 Å². The average molecular weight is 163 g/mol. The van der Waals surface area contributed by atoms with E-state index >= 15 is 0 Å². The Morgan fingerprint density at radius 1 is 1.40 bits per heavy atom. The Labute approximate surface area is 68.4 Å². The van der Waals surface area contributed by atoms with Crippen molar-refractivity contribution in [2.24, 2.45) is 5.92 Å². The summed E-state index contributed by atoms with van der Waals surface area (Å²) in [5, 5.41) is 3.41. The first-order valence-corrected chi connectivity index (χ1v) is 3.79. The van der Waals surface area contributed by atoms with E-state index in [0.29, 0.717) is 0 Å². The first-order chi connectivity index (χ1) is 4.38. The second kappa shape index (κ2) is 3.07. The summed E-state index contributed by atoms with van der Waals surface area (Å²) < 4.78 is 0. The van der Waals surface area contributed by atoms with Gasteiger partial charge in [0.15, 0.2) is 0 Å². The molecule has 2 unspecified atom stereocenters. The topological polar surface area (TPSA) is 15.3 Å². The Morgan fingerprint density at radius 2 is 2.20 bits per heavy atom. The second-order valence-electron chi connectivity index (χ2n) is 3.25. The molecule has 0 aliphatic carbocycles. The standard InChI is InChI=1S/C7H14N2.ClH/c1-9-3-2-6-4-8-5-7(6)9;/h6-8H,2-5H2,1H3;1H. The van der Waals surface area contributed by atoms with Gasteiger partial charge in [0.2, 0.25) is 0 Å². The molecule has 2 atom stereocenters. The van der Waals surface area contributed by atoms with Crippen molar-refractivity contribution in [2.45, 2.75) is 12.5 Å². The van der Waals surface area contributed by atoms with Crippen molar-refractivity contribution in [3.8, 4) is 0 Å². The summed E-state index contributed by atoms with van der Waals surface area (Å²) >= 11 is 0. The molecular formula is C7H15ClN2. The fourth-order valence-corrected chi connectivity index (χ4v) is 2.06. The lowest BCUT2D eigenvalue weighted by Crippen LogP contribution is -2.30. The molecule has 2 nitrogen and oxygen atoms in total. The fourth-order valence-electron chi connectivity index (χ4n) is 2.06. The van der Waals surface area contributed by atoms with Crippen molar-refractivity contribution < 1.29 is 0 Å². The van der Waals surface area contributed by atoms with Gasteiger partial charge in [-0.25, -0.2) is 0 Å². The molecule has 0 saturated carbocycles. The first kappa shape index (κ1) is 8.31. The number of hydrogen-bond acceptors (Lipinski definition) is 2. The third kappa shape index (κ3) is 1.16. The molecule has 10 heavy (non-hydrogen) atoms. The van der Waals surface area contributed by atoms with E-state index in [1.807, 2.05) is 0 Å². The van der Waals surface area contributed by atoms with Crippen molar-refractivity contribution in [2.75, 3.05) is 26.7 Å². The van der Waals surface area contributed by atoms with E-state index in [-0.39, 0.29) is 12.4 Å². The van der Waals surface area contributed by atoms with Crippen LogP contribution in [0.2, 0.25) is 0 Å². The molecule has 0 spiro atoms. The van der Waals surface area contributed by atoms with Crippen LogP contribution >= 0.6 is 12.4 Å². The summed E-state index contributed by atoms with van der Waals surface area (Å²) in [5.74, 6) is 0.968. The molecule has 0 radical (unpaired) electrons.